The number of thioether (sulfide) groups is 1. The van der Waals surface area contributed by atoms with E-state index >= 15 is 0 Å². The van der Waals surface area contributed by atoms with Crippen LogP contribution in [-0.2, 0) is 12.2 Å². The van der Waals surface area contributed by atoms with Crippen molar-refractivity contribution in [2.24, 2.45) is 0 Å². The van der Waals surface area contributed by atoms with Gasteiger partial charge in [0.05, 0.1) is 4.88 Å². The molecule has 0 fully saturated rings. The maximum absolute atomic E-state index is 5.65. The average molecular weight is 282 g/mol. The van der Waals surface area contributed by atoms with Gasteiger partial charge in [0.25, 0.3) is 0 Å². The van der Waals surface area contributed by atoms with Gasteiger partial charge in [0.15, 0.2) is 5.82 Å². The van der Waals surface area contributed by atoms with Crippen LogP contribution >= 0.6 is 35.3 Å². The van der Waals surface area contributed by atoms with Crippen LogP contribution in [0.25, 0.3) is 10.7 Å². The molecule has 3 N–H and O–H groups in total. The van der Waals surface area contributed by atoms with Crippen LogP contribution in [0.1, 0.15) is 10.4 Å². The first-order valence-corrected chi connectivity index (χ1v) is 7.54. The number of fused-ring (bicyclic) bond motifs is 1. The van der Waals surface area contributed by atoms with Gasteiger partial charge in [0.2, 0.25) is 10.7 Å². The number of aromatic amines is 1. The second-order valence-corrected chi connectivity index (χ2v) is 6.33. The van der Waals surface area contributed by atoms with Crippen LogP contribution in [0.2, 0.25) is 0 Å². The third-order valence-corrected chi connectivity index (χ3v) is 4.97. The second-order valence-electron chi connectivity index (χ2n) is 3.73. The van der Waals surface area contributed by atoms with Gasteiger partial charge in [0.1, 0.15) is 0 Å². The third kappa shape index (κ3) is 2.22. The van der Waals surface area contributed by atoms with Gasteiger partial charge in [-0.25, -0.2) is 0 Å². The Hall–Kier alpha value is -0.920. The summed E-state index contributed by atoms with van der Waals surface area (Å²) in [6, 6.07) is 2.18. The third-order valence-electron chi connectivity index (χ3n) is 2.53. The Bertz CT molecular complexity index is 593. The lowest BCUT2D eigenvalue weighted by Crippen LogP contribution is -1.98. The van der Waals surface area contributed by atoms with Gasteiger partial charge in [-0.2, -0.15) is 21.7 Å². The zero-order valence-electron chi connectivity index (χ0n) is 8.90. The Morgan fingerprint density at radius 1 is 1.41 bits per heavy atom. The average Bonchev–Trinajstić information content (AvgIpc) is 2.71. The minimum atomic E-state index is 0.289. The molecular formula is C10H10N4S3. The van der Waals surface area contributed by atoms with Crippen LogP contribution in [0.4, 0.5) is 5.95 Å². The maximum Gasteiger partial charge on any atom is 0.224 e. The van der Waals surface area contributed by atoms with Crippen LogP contribution in [0.15, 0.2) is 6.07 Å². The summed E-state index contributed by atoms with van der Waals surface area (Å²) < 4.78 is 0.289. The number of nitrogens with zero attached hydrogens (tertiary/aromatic N) is 2. The zero-order valence-corrected chi connectivity index (χ0v) is 11.3. The van der Waals surface area contributed by atoms with Gasteiger partial charge in [-0.05, 0) is 36.0 Å². The van der Waals surface area contributed by atoms with Gasteiger partial charge in [-0.1, -0.05) is 0 Å². The molecule has 3 rings (SSSR count). The highest BCUT2D eigenvalue weighted by atomic mass is 32.2. The number of anilines is 1. The summed E-state index contributed by atoms with van der Waals surface area (Å²) in [4.78, 5) is 13.6. The van der Waals surface area contributed by atoms with Crippen molar-refractivity contribution in [1.82, 2.24) is 15.0 Å². The van der Waals surface area contributed by atoms with E-state index in [-0.39, 0.29) is 4.77 Å². The van der Waals surface area contributed by atoms with Crippen molar-refractivity contribution in [3.8, 4) is 10.7 Å². The standard InChI is InChI=1S/C10H10N4S3/c11-9-12-8(13-10(15)14-9)7-3-5-4-16-2-1-6(5)17-7/h3H,1-2,4H2,(H3,11,12,13,14,15). The molecule has 0 bridgehead atoms. The molecule has 7 heteroatoms. The maximum atomic E-state index is 5.65. The molecule has 4 nitrogen and oxygen atoms in total. The number of nitrogen functional groups attached to an aromatic ring is 1. The van der Waals surface area contributed by atoms with E-state index < -0.39 is 0 Å². The summed E-state index contributed by atoms with van der Waals surface area (Å²) in [5, 5.41) is 0. The Morgan fingerprint density at radius 3 is 3.06 bits per heavy atom. The Kier molecular flexibility index (Phi) is 2.89. The highest BCUT2D eigenvalue weighted by molar-refractivity contribution is 7.98. The molecule has 0 saturated carbocycles. The molecule has 0 saturated heterocycles. The van der Waals surface area contributed by atoms with Crippen LogP contribution in [0.5, 0.6) is 0 Å². The lowest BCUT2D eigenvalue weighted by atomic mass is 10.2. The van der Waals surface area contributed by atoms with Gasteiger partial charge in [-0.3, -0.25) is 0 Å². The van der Waals surface area contributed by atoms with Crippen molar-refractivity contribution in [2.45, 2.75) is 12.2 Å². The minimum absolute atomic E-state index is 0.289. The van der Waals surface area contributed by atoms with Crippen molar-refractivity contribution in [3.05, 3.63) is 21.3 Å². The van der Waals surface area contributed by atoms with E-state index in [9.17, 15) is 0 Å². The first-order chi connectivity index (χ1) is 8.22. The molecule has 0 unspecified atom stereocenters. The fourth-order valence-electron chi connectivity index (χ4n) is 1.78. The monoisotopic (exact) mass is 282 g/mol. The summed E-state index contributed by atoms with van der Waals surface area (Å²) in [7, 11) is 0. The SMILES string of the molecule is Nc1nc(=S)nc(-c2cc3c(s2)CCSC3)[nH]1. The minimum Gasteiger partial charge on any atom is -0.369 e. The highest BCUT2D eigenvalue weighted by Gasteiger charge is 2.15. The van der Waals surface area contributed by atoms with E-state index in [1.807, 2.05) is 11.8 Å². The van der Waals surface area contributed by atoms with Crippen LogP contribution in [0, 0.1) is 4.77 Å². The van der Waals surface area contributed by atoms with Crippen molar-refractivity contribution >= 4 is 41.3 Å². The predicted octanol–water partition coefficient (Wildman–Crippen LogP) is 2.63. The van der Waals surface area contributed by atoms with Crippen molar-refractivity contribution < 1.29 is 0 Å². The van der Waals surface area contributed by atoms with Crippen molar-refractivity contribution in [1.29, 1.82) is 0 Å². The summed E-state index contributed by atoms with van der Waals surface area (Å²) in [6.45, 7) is 0. The van der Waals surface area contributed by atoms with E-state index in [1.54, 1.807) is 11.3 Å². The zero-order chi connectivity index (χ0) is 11.8. The van der Waals surface area contributed by atoms with Crippen molar-refractivity contribution in [2.75, 3.05) is 11.5 Å². The number of hydrogen-bond donors (Lipinski definition) is 2. The molecule has 0 aliphatic carbocycles. The molecule has 88 valence electrons. The smallest absolute Gasteiger partial charge is 0.224 e. The fraction of sp³-hybridized carbons (Fsp3) is 0.300. The molecule has 2 aromatic rings. The normalized spacial score (nSPS) is 14.6. The summed E-state index contributed by atoms with van der Waals surface area (Å²) >= 11 is 8.71. The van der Waals surface area contributed by atoms with Crippen molar-refractivity contribution in [3.63, 3.8) is 0 Å². The first-order valence-electron chi connectivity index (χ1n) is 5.16. The number of rotatable bonds is 1. The number of hydrogen-bond acceptors (Lipinski definition) is 6. The highest BCUT2D eigenvalue weighted by Crippen LogP contribution is 2.35. The Labute approximate surface area is 112 Å². The van der Waals surface area contributed by atoms with Gasteiger partial charge in [-0.15, -0.1) is 11.3 Å². The second kappa shape index (κ2) is 4.40. The molecule has 0 spiro atoms. The van der Waals surface area contributed by atoms with Crippen LogP contribution in [-0.4, -0.2) is 20.7 Å². The van der Waals surface area contributed by atoms with Gasteiger partial charge in [0, 0.05) is 10.6 Å². The molecule has 3 heterocycles. The largest absolute Gasteiger partial charge is 0.369 e. The van der Waals surface area contributed by atoms with E-state index in [0.29, 0.717) is 5.95 Å². The molecule has 1 aliphatic rings. The lowest BCUT2D eigenvalue weighted by molar-refractivity contribution is 1.05. The molecule has 0 amide bonds. The number of aryl methyl sites for hydroxylation is 1. The van der Waals surface area contributed by atoms with E-state index in [4.69, 9.17) is 18.0 Å². The van der Waals surface area contributed by atoms with E-state index in [2.05, 4.69) is 21.0 Å². The van der Waals surface area contributed by atoms with Gasteiger partial charge < -0.3 is 10.7 Å². The number of nitrogens with two attached hydrogens (primary N) is 1. The number of aromatic nitrogens is 3. The van der Waals surface area contributed by atoms with E-state index in [1.165, 1.54) is 16.2 Å². The summed E-state index contributed by atoms with van der Waals surface area (Å²) in [5.74, 6) is 3.34. The molecule has 0 atom stereocenters. The molecule has 0 radical (unpaired) electrons. The molecule has 2 aromatic heterocycles. The predicted molar refractivity (Wildman–Crippen MR) is 74.8 cm³/mol. The first kappa shape index (κ1) is 11.2. The summed E-state index contributed by atoms with van der Waals surface area (Å²) in [6.07, 6.45) is 1.14. The quantitative estimate of drug-likeness (QED) is 0.787. The topological polar surface area (TPSA) is 67.6 Å². The Balaban J connectivity index is 2.08. The molecule has 0 aromatic carbocycles. The number of thiophene rings is 1. The van der Waals surface area contributed by atoms with E-state index in [0.717, 1.165) is 22.9 Å². The Morgan fingerprint density at radius 2 is 2.29 bits per heavy atom. The van der Waals surface area contributed by atoms with Crippen LogP contribution in [0.3, 0.4) is 0 Å². The number of nitrogens with one attached hydrogen (secondary N) is 1. The lowest BCUT2D eigenvalue weighted by Gasteiger charge is -2.08. The van der Waals surface area contributed by atoms with Gasteiger partial charge >= 0.3 is 0 Å². The fourth-order valence-corrected chi connectivity index (χ4v) is 4.29. The molecule has 1 aliphatic heterocycles. The number of H-pyrrole nitrogens is 1. The molecule has 17 heavy (non-hydrogen) atoms. The molecular weight excluding hydrogens is 272 g/mol. The summed E-state index contributed by atoms with van der Waals surface area (Å²) in [5.41, 5.74) is 7.06. The van der Waals surface area contributed by atoms with Crippen LogP contribution < -0.4 is 5.73 Å².